The molecule has 0 bridgehead atoms. The molecule has 3 heterocycles. The highest BCUT2D eigenvalue weighted by molar-refractivity contribution is 7.13. The lowest BCUT2D eigenvalue weighted by molar-refractivity contribution is -0.277. The first kappa shape index (κ1) is 20.7. The molecule has 30 heavy (non-hydrogen) atoms. The van der Waals surface area contributed by atoms with E-state index in [1.54, 1.807) is 48.9 Å². The van der Waals surface area contributed by atoms with Crippen molar-refractivity contribution >= 4 is 22.7 Å². The fraction of sp³-hybridized carbons (Fsp3) is 0.300. The van der Waals surface area contributed by atoms with Gasteiger partial charge in [0.05, 0.1) is 24.8 Å². The van der Waals surface area contributed by atoms with Crippen LogP contribution in [0.3, 0.4) is 0 Å². The van der Waals surface area contributed by atoms with Gasteiger partial charge in [-0.3, -0.25) is 0 Å². The maximum Gasteiger partial charge on any atom is 0.229 e. The molecular formula is C20H20N2O7S. The maximum atomic E-state index is 10.1. The van der Waals surface area contributed by atoms with Crippen molar-refractivity contribution in [2.45, 2.75) is 30.7 Å². The van der Waals surface area contributed by atoms with Crippen LogP contribution >= 0.6 is 11.3 Å². The van der Waals surface area contributed by atoms with Gasteiger partial charge in [0, 0.05) is 10.9 Å². The van der Waals surface area contributed by atoms with E-state index in [4.69, 9.17) is 13.9 Å². The number of nitrogens with zero attached hydrogens (tertiary/aromatic N) is 2. The summed E-state index contributed by atoms with van der Waals surface area (Å²) in [5.74, 6) is 1.02. The average Bonchev–Trinajstić information content (AvgIpc) is 3.45. The van der Waals surface area contributed by atoms with Gasteiger partial charge in [0.25, 0.3) is 0 Å². The molecule has 5 atom stereocenters. The van der Waals surface area contributed by atoms with Crippen molar-refractivity contribution in [3.05, 3.63) is 53.8 Å². The number of ether oxygens (including phenoxy) is 2. The molecule has 4 rings (SSSR count). The predicted molar refractivity (Wildman–Crippen MR) is 108 cm³/mol. The minimum atomic E-state index is -1.49. The zero-order chi connectivity index (χ0) is 21.1. The number of rotatable bonds is 6. The largest absolute Gasteiger partial charge is 0.463 e. The van der Waals surface area contributed by atoms with Crippen molar-refractivity contribution in [3.63, 3.8) is 0 Å². The van der Waals surface area contributed by atoms with Gasteiger partial charge < -0.3 is 34.3 Å². The molecule has 1 aliphatic rings. The minimum Gasteiger partial charge on any atom is -0.463 e. The molecule has 1 fully saturated rings. The van der Waals surface area contributed by atoms with Crippen LogP contribution < -0.4 is 4.74 Å². The van der Waals surface area contributed by atoms with Crippen LogP contribution in [0.4, 0.5) is 5.13 Å². The summed E-state index contributed by atoms with van der Waals surface area (Å²) in [6.07, 6.45) is -3.47. The van der Waals surface area contributed by atoms with Crippen molar-refractivity contribution in [2.75, 3.05) is 6.61 Å². The minimum absolute atomic E-state index is 0.384. The summed E-state index contributed by atoms with van der Waals surface area (Å²) in [5.41, 5.74) is 1.58. The topological polar surface area (TPSA) is 138 Å². The van der Waals surface area contributed by atoms with Crippen molar-refractivity contribution in [2.24, 2.45) is 4.99 Å². The number of furan rings is 1. The van der Waals surface area contributed by atoms with Crippen LogP contribution in [-0.4, -0.2) is 68.9 Å². The van der Waals surface area contributed by atoms with Crippen molar-refractivity contribution < 1.29 is 34.3 Å². The molecule has 9 nitrogen and oxygen atoms in total. The molecule has 1 saturated heterocycles. The number of hydrogen-bond donors (Lipinski definition) is 4. The van der Waals surface area contributed by atoms with Gasteiger partial charge >= 0.3 is 0 Å². The van der Waals surface area contributed by atoms with E-state index in [0.29, 0.717) is 16.6 Å². The van der Waals surface area contributed by atoms with Gasteiger partial charge in [-0.1, -0.05) is 0 Å². The molecule has 0 aliphatic carbocycles. The molecular weight excluding hydrogens is 412 g/mol. The van der Waals surface area contributed by atoms with Gasteiger partial charge in [0.2, 0.25) is 11.4 Å². The number of thiazole rings is 1. The van der Waals surface area contributed by atoms with Crippen LogP contribution in [0.2, 0.25) is 0 Å². The predicted octanol–water partition coefficient (Wildman–Crippen LogP) is 1.33. The van der Waals surface area contributed by atoms with E-state index in [0.717, 1.165) is 11.3 Å². The summed E-state index contributed by atoms with van der Waals surface area (Å²) < 4.78 is 16.1. The quantitative estimate of drug-likeness (QED) is 0.428. The third-order valence-electron chi connectivity index (χ3n) is 4.59. The highest BCUT2D eigenvalue weighted by Crippen LogP contribution is 2.29. The van der Waals surface area contributed by atoms with Crippen LogP contribution in [0, 0.1) is 0 Å². The molecule has 4 N–H and O–H groups in total. The van der Waals surface area contributed by atoms with E-state index in [9.17, 15) is 20.4 Å². The Bertz CT molecular complexity index is 971. The summed E-state index contributed by atoms with van der Waals surface area (Å²) in [6, 6.07) is 10.5. The highest BCUT2D eigenvalue weighted by atomic mass is 32.1. The second-order valence-corrected chi connectivity index (χ2v) is 7.46. The Labute approximate surface area is 175 Å². The Morgan fingerprint density at radius 2 is 1.90 bits per heavy atom. The van der Waals surface area contributed by atoms with E-state index in [-0.39, 0.29) is 0 Å². The summed E-state index contributed by atoms with van der Waals surface area (Å²) in [4.78, 5) is 8.74. The third-order valence-corrected chi connectivity index (χ3v) is 5.34. The molecule has 1 aromatic carbocycles. The van der Waals surface area contributed by atoms with E-state index >= 15 is 0 Å². The number of benzene rings is 1. The van der Waals surface area contributed by atoms with Gasteiger partial charge in [0.15, 0.2) is 0 Å². The number of hydrogen-bond acceptors (Lipinski definition) is 10. The highest BCUT2D eigenvalue weighted by Gasteiger charge is 2.44. The van der Waals surface area contributed by atoms with E-state index in [1.807, 2.05) is 5.38 Å². The van der Waals surface area contributed by atoms with Gasteiger partial charge in [-0.15, -0.1) is 11.3 Å². The Hall–Kier alpha value is -2.60. The molecule has 3 aromatic rings. The van der Waals surface area contributed by atoms with Gasteiger partial charge in [-0.25, -0.2) is 9.98 Å². The fourth-order valence-electron chi connectivity index (χ4n) is 2.94. The zero-order valence-electron chi connectivity index (χ0n) is 15.6. The Morgan fingerprint density at radius 3 is 2.60 bits per heavy atom. The van der Waals surface area contributed by atoms with Crippen LogP contribution in [0.25, 0.3) is 11.3 Å². The molecule has 2 aromatic heterocycles. The SMILES string of the molecule is OC[C@H]1O[C@@H](Oc2ccc(-c3csc(/N=C/c4ccco4)n3)cc2)[C@H](O)[C@@H](O)[C@@H]1O. The lowest BCUT2D eigenvalue weighted by Gasteiger charge is -2.39. The van der Waals surface area contributed by atoms with Crippen LogP contribution in [0.5, 0.6) is 5.75 Å². The maximum absolute atomic E-state index is 10.1. The molecule has 10 heteroatoms. The first-order chi connectivity index (χ1) is 14.5. The van der Waals surface area contributed by atoms with Gasteiger partial charge in [-0.05, 0) is 36.4 Å². The fourth-order valence-corrected chi connectivity index (χ4v) is 3.61. The first-order valence-electron chi connectivity index (χ1n) is 9.16. The van der Waals surface area contributed by atoms with Gasteiger partial charge in [-0.2, -0.15) is 0 Å². The van der Waals surface area contributed by atoms with Crippen molar-refractivity contribution in [1.29, 1.82) is 0 Å². The van der Waals surface area contributed by atoms with Gasteiger partial charge in [0.1, 0.15) is 35.9 Å². The zero-order valence-corrected chi connectivity index (χ0v) is 16.4. The Balaban J connectivity index is 1.42. The molecule has 0 saturated carbocycles. The van der Waals surface area contributed by atoms with Crippen LogP contribution in [-0.2, 0) is 4.74 Å². The Kier molecular flexibility index (Phi) is 6.23. The number of aromatic nitrogens is 1. The summed E-state index contributed by atoms with van der Waals surface area (Å²) in [7, 11) is 0. The third kappa shape index (κ3) is 4.43. The molecule has 0 unspecified atom stereocenters. The first-order valence-corrected chi connectivity index (χ1v) is 10.0. The molecule has 0 spiro atoms. The van der Waals surface area contributed by atoms with E-state index < -0.39 is 37.3 Å². The lowest BCUT2D eigenvalue weighted by Crippen LogP contribution is -2.60. The Morgan fingerprint density at radius 1 is 1.10 bits per heavy atom. The monoisotopic (exact) mass is 432 g/mol. The molecule has 158 valence electrons. The van der Waals surface area contributed by atoms with E-state index in [1.165, 1.54) is 11.3 Å². The average molecular weight is 432 g/mol. The molecule has 1 aliphatic heterocycles. The van der Waals surface area contributed by atoms with Crippen molar-refractivity contribution in [3.8, 4) is 17.0 Å². The number of aliphatic hydroxyl groups excluding tert-OH is 4. The normalized spacial score (nSPS) is 26.9. The summed E-state index contributed by atoms with van der Waals surface area (Å²) in [6.45, 7) is -0.516. The molecule has 0 radical (unpaired) electrons. The van der Waals surface area contributed by atoms with Crippen LogP contribution in [0.15, 0.2) is 57.5 Å². The van der Waals surface area contributed by atoms with Crippen LogP contribution in [0.1, 0.15) is 5.76 Å². The number of aliphatic hydroxyl groups is 4. The van der Waals surface area contributed by atoms with E-state index in [2.05, 4.69) is 9.98 Å². The lowest BCUT2D eigenvalue weighted by atomic mass is 9.99. The number of aliphatic imine (C=N–C) groups is 1. The molecule has 0 amide bonds. The second-order valence-electron chi connectivity index (χ2n) is 6.63. The standard InChI is InChI=1S/C20H20N2O7S/c23-9-15-16(24)17(25)18(26)19(29-15)28-12-5-3-11(4-6-12)14-10-30-20(22-14)21-8-13-2-1-7-27-13/h1-8,10,15-19,23-26H,9H2/b21-8+/t15-,16-,17+,18-,19-/m1/s1. The summed E-state index contributed by atoms with van der Waals surface area (Å²) >= 11 is 1.39. The smallest absolute Gasteiger partial charge is 0.229 e. The summed E-state index contributed by atoms with van der Waals surface area (Å²) in [5, 5.41) is 41.5. The van der Waals surface area contributed by atoms with Crippen molar-refractivity contribution in [1.82, 2.24) is 4.98 Å². The second kappa shape index (κ2) is 9.04.